The first-order chi connectivity index (χ1) is 9.58. The summed E-state index contributed by atoms with van der Waals surface area (Å²) in [5, 5.41) is 21.2. The van der Waals surface area contributed by atoms with Gasteiger partial charge in [-0.15, -0.1) is 0 Å². The van der Waals surface area contributed by atoms with Crippen molar-refractivity contribution in [3.63, 3.8) is 0 Å². The van der Waals surface area contributed by atoms with Gasteiger partial charge in [0.2, 0.25) is 0 Å². The minimum Gasteiger partial charge on any atom is -0.395 e. The number of methoxy groups -OCH3 is 1. The Morgan fingerprint density at radius 1 is 1.45 bits per heavy atom. The SMILES string of the molecule is COCCN(CCO)C(=O)Nc1cccc(C(C)O)c1. The van der Waals surface area contributed by atoms with Crippen molar-refractivity contribution >= 4 is 11.7 Å². The van der Waals surface area contributed by atoms with Crippen LogP contribution in [0.5, 0.6) is 0 Å². The zero-order chi connectivity index (χ0) is 15.0. The number of aliphatic hydroxyl groups is 2. The molecule has 112 valence electrons. The van der Waals surface area contributed by atoms with Crippen molar-refractivity contribution in [3.05, 3.63) is 29.8 Å². The molecule has 20 heavy (non-hydrogen) atoms. The summed E-state index contributed by atoms with van der Waals surface area (Å²) in [5.41, 5.74) is 1.34. The molecular weight excluding hydrogens is 260 g/mol. The van der Waals surface area contributed by atoms with Crippen molar-refractivity contribution in [1.82, 2.24) is 4.90 Å². The minimum absolute atomic E-state index is 0.106. The molecule has 6 nitrogen and oxygen atoms in total. The average molecular weight is 282 g/mol. The van der Waals surface area contributed by atoms with Crippen LogP contribution in [0.1, 0.15) is 18.6 Å². The highest BCUT2D eigenvalue weighted by molar-refractivity contribution is 5.89. The van der Waals surface area contributed by atoms with Crippen LogP contribution in [0.4, 0.5) is 10.5 Å². The van der Waals surface area contributed by atoms with E-state index in [2.05, 4.69) is 5.32 Å². The second-order valence-electron chi connectivity index (χ2n) is 4.44. The molecule has 0 aliphatic rings. The lowest BCUT2D eigenvalue weighted by Crippen LogP contribution is -2.39. The maximum atomic E-state index is 12.1. The zero-order valence-corrected chi connectivity index (χ0v) is 11.9. The molecule has 3 N–H and O–H groups in total. The number of amides is 2. The number of hydrogen-bond donors (Lipinski definition) is 3. The Hall–Kier alpha value is -1.63. The number of anilines is 1. The molecule has 2 amide bonds. The van der Waals surface area contributed by atoms with Crippen molar-refractivity contribution in [2.24, 2.45) is 0 Å². The van der Waals surface area contributed by atoms with Crippen LogP contribution in [-0.2, 0) is 4.74 Å². The van der Waals surface area contributed by atoms with Gasteiger partial charge in [-0.2, -0.15) is 0 Å². The Balaban J connectivity index is 2.69. The van der Waals surface area contributed by atoms with Gasteiger partial charge in [0.05, 0.1) is 19.3 Å². The summed E-state index contributed by atoms with van der Waals surface area (Å²) in [6.45, 7) is 2.61. The fourth-order valence-corrected chi connectivity index (χ4v) is 1.72. The van der Waals surface area contributed by atoms with Gasteiger partial charge in [0, 0.05) is 25.9 Å². The number of carbonyl (C=O) groups excluding carboxylic acids is 1. The molecule has 0 aliphatic carbocycles. The first kappa shape index (κ1) is 16.4. The van der Waals surface area contributed by atoms with E-state index in [4.69, 9.17) is 9.84 Å². The van der Waals surface area contributed by atoms with Gasteiger partial charge in [-0.1, -0.05) is 12.1 Å². The summed E-state index contributed by atoms with van der Waals surface area (Å²) in [4.78, 5) is 13.5. The highest BCUT2D eigenvalue weighted by Crippen LogP contribution is 2.17. The average Bonchev–Trinajstić information content (AvgIpc) is 2.43. The van der Waals surface area contributed by atoms with E-state index in [9.17, 15) is 9.90 Å². The van der Waals surface area contributed by atoms with E-state index in [-0.39, 0.29) is 19.2 Å². The number of hydrogen-bond acceptors (Lipinski definition) is 4. The van der Waals surface area contributed by atoms with Crippen molar-refractivity contribution < 1.29 is 19.7 Å². The predicted molar refractivity (Wildman–Crippen MR) is 76.6 cm³/mol. The lowest BCUT2D eigenvalue weighted by Gasteiger charge is -2.22. The maximum absolute atomic E-state index is 12.1. The largest absolute Gasteiger partial charge is 0.395 e. The third kappa shape index (κ3) is 5.16. The Bertz CT molecular complexity index is 423. The van der Waals surface area contributed by atoms with E-state index < -0.39 is 6.10 Å². The molecule has 1 atom stereocenters. The number of urea groups is 1. The third-order valence-electron chi connectivity index (χ3n) is 2.84. The summed E-state index contributed by atoms with van der Waals surface area (Å²) in [6.07, 6.45) is -0.589. The third-order valence-corrected chi connectivity index (χ3v) is 2.84. The number of rotatable bonds is 7. The fraction of sp³-hybridized carbons (Fsp3) is 0.500. The lowest BCUT2D eigenvalue weighted by atomic mass is 10.1. The predicted octanol–water partition coefficient (Wildman–Crippen LogP) is 1.21. The highest BCUT2D eigenvalue weighted by Gasteiger charge is 2.13. The van der Waals surface area contributed by atoms with Gasteiger partial charge in [-0.05, 0) is 24.6 Å². The Morgan fingerprint density at radius 3 is 2.80 bits per heavy atom. The normalized spacial score (nSPS) is 12.0. The monoisotopic (exact) mass is 282 g/mol. The molecular formula is C14H22N2O4. The van der Waals surface area contributed by atoms with Gasteiger partial charge in [-0.3, -0.25) is 0 Å². The molecule has 0 bridgehead atoms. The minimum atomic E-state index is -0.589. The second-order valence-corrected chi connectivity index (χ2v) is 4.44. The summed E-state index contributed by atoms with van der Waals surface area (Å²) in [6, 6.07) is 6.71. The van der Waals surface area contributed by atoms with Crippen LogP contribution >= 0.6 is 0 Å². The van der Waals surface area contributed by atoms with E-state index in [1.807, 2.05) is 0 Å². The molecule has 0 saturated heterocycles. The smallest absolute Gasteiger partial charge is 0.321 e. The van der Waals surface area contributed by atoms with E-state index in [1.54, 1.807) is 38.3 Å². The Morgan fingerprint density at radius 2 is 2.20 bits per heavy atom. The number of aliphatic hydroxyl groups excluding tert-OH is 2. The summed E-state index contributed by atoms with van der Waals surface area (Å²) < 4.78 is 4.93. The van der Waals surface area contributed by atoms with Crippen molar-refractivity contribution in [3.8, 4) is 0 Å². The van der Waals surface area contributed by atoms with Crippen LogP contribution in [-0.4, -0.2) is 54.6 Å². The van der Waals surface area contributed by atoms with Gasteiger partial charge in [0.1, 0.15) is 0 Å². The molecule has 1 unspecified atom stereocenters. The van der Waals surface area contributed by atoms with Crippen LogP contribution < -0.4 is 5.32 Å². The Labute approximate surface area is 119 Å². The molecule has 0 heterocycles. The van der Waals surface area contributed by atoms with E-state index >= 15 is 0 Å². The van der Waals surface area contributed by atoms with E-state index in [1.165, 1.54) is 4.90 Å². The number of ether oxygens (including phenoxy) is 1. The summed E-state index contributed by atoms with van der Waals surface area (Å²) in [7, 11) is 1.56. The molecule has 1 aromatic rings. The molecule has 0 radical (unpaired) electrons. The molecule has 0 saturated carbocycles. The van der Waals surface area contributed by atoms with Crippen LogP contribution in [0, 0.1) is 0 Å². The van der Waals surface area contributed by atoms with Gasteiger partial charge < -0.3 is 25.2 Å². The van der Waals surface area contributed by atoms with Crippen LogP contribution in [0.25, 0.3) is 0 Å². The van der Waals surface area contributed by atoms with Crippen LogP contribution in [0.2, 0.25) is 0 Å². The Kier molecular flexibility index (Phi) is 7.00. The summed E-state index contributed by atoms with van der Waals surface area (Å²) in [5.74, 6) is 0. The van der Waals surface area contributed by atoms with E-state index in [0.29, 0.717) is 18.8 Å². The molecule has 6 heteroatoms. The van der Waals surface area contributed by atoms with E-state index in [0.717, 1.165) is 5.56 Å². The first-order valence-electron chi connectivity index (χ1n) is 6.52. The van der Waals surface area contributed by atoms with Gasteiger partial charge in [0.25, 0.3) is 0 Å². The van der Waals surface area contributed by atoms with Gasteiger partial charge in [0.15, 0.2) is 0 Å². The van der Waals surface area contributed by atoms with Crippen LogP contribution in [0.3, 0.4) is 0 Å². The van der Waals surface area contributed by atoms with Crippen LogP contribution in [0.15, 0.2) is 24.3 Å². The molecule has 0 aliphatic heterocycles. The number of nitrogens with one attached hydrogen (secondary N) is 1. The molecule has 1 rings (SSSR count). The van der Waals surface area contributed by atoms with Crippen molar-refractivity contribution in [2.75, 3.05) is 38.7 Å². The first-order valence-corrected chi connectivity index (χ1v) is 6.52. The second kappa shape index (κ2) is 8.52. The molecule has 0 spiro atoms. The number of carbonyl (C=O) groups is 1. The molecule has 1 aromatic carbocycles. The maximum Gasteiger partial charge on any atom is 0.321 e. The lowest BCUT2D eigenvalue weighted by molar-refractivity contribution is 0.142. The van der Waals surface area contributed by atoms with Gasteiger partial charge >= 0.3 is 6.03 Å². The van der Waals surface area contributed by atoms with Gasteiger partial charge in [-0.25, -0.2) is 4.79 Å². The number of benzene rings is 1. The molecule has 0 aromatic heterocycles. The standard InChI is InChI=1S/C14H22N2O4/c1-11(18)12-4-3-5-13(10-12)15-14(19)16(6-8-17)7-9-20-2/h3-5,10-11,17-18H,6-9H2,1-2H3,(H,15,19). The number of nitrogens with zero attached hydrogens (tertiary/aromatic N) is 1. The highest BCUT2D eigenvalue weighted by atomic mass is 16.5. The quantitative estimate of drug-likeness (QED) is 0.702. The topological polar surface area (TPSA) is 82.0 Å². The fourth-order valence-electron chi connectivity index (χ4n) is 1.72. The van der Waals surface area contributed by atoms with Crippen molar-refractivity contribution in [1.29, 1.82) is 0 Å². The van der Waals surface area contributed by atoms with Crippen molar-refractivity contribution in [2.45, 2.75) is 13.0 Å². The summed E-state index contributed by atoms with van der Waals surface area (Å²) >= 11 is 0. The molecule has 0 fully saturated rings. The zero-order valence-electron chi connectivity index (χ0n) is 11.9.